The van der Waals surface area contributed by atoms with Gasteiger partial charge >= 0.3 is 0 Å². The van der Waals surface area contributed by atoms with Crippen LogP contribution in [0.2, 0.25) is 0 Å². The molecule has 0 radical (unpaired) electrons. The summed E-state index contributed by atoms with van der Waals surface area (Å²) in [6, 6.07) is 23.0. The summed E-state index contributed by atoms with van der Waals surface area (Å²) in [7, 11) is 0. The third-order valence-corrected chi connectivity index (χ3v) is 4.69. The summed E-state index contributed by atoms with van der Waals surface area (Å²) in [5, 5.41) is 5.96. The van der Waals surface area contributed by atoms with Crippen molar-refractivity contribution in [2.75, 3.05) is 5.32 Å². The molecule has 0 fully saturated rings. The number of fused-ring (bicyclic) bond motifs is 1. The summed E-state index contributed by atoms with van der Waals surface area (Å²) in [5.74, 6) is 0.226. The van der Waals surface area contributed by atoms with Gasteiger partial charge in [0.2, 0.25) is 11.8 Å². The molecule has 6 heteroatoms. The molecule has 3 aromatic carbocycles. The molecule has 1 heterocycles. The molecule has 0 bridgehead atoms. The lowest BCUT2D eigenvalue weighted by Gasteiger charge is -2.11. The highest BCUT2D eigenvalue weighted by Crippen LogP contribution is 2.27. The van der Waals surface area contributed by atoms with Crippen LogP contribution in [0.25, 0.3) is 28.6 Å². The predicted molar refractivity (Wildman–Crippen MR) is 124 cm³/mol. The van der Waals surface area contributed by atoms with Gasteiger partial charge in [-0.05, 0) is 60.6 Å². The average Bonchev–Trinajstić information content (AvgIpc) is 3.19. The van der Waals surface area contributed by atoms with Crippen LogP contribution in [0.4, 0.5) is 5.69 Å². The number of aromatic nitrogens is 1. The molecule has 0 atom stereocenters. The molecule has 0 aliphatic carbocycles. The van der Waals surface area contributed by atoms with Gasteiger partial charge in [0.15, 0.2) is 10.7 Å². The van der Waals surface area contributed by atoms with Gasteiger partial charge in [0.25, 0.3) is 0 Å². The molecule has 5 nitrogen and oxygen atoms in total. The van der Waals surface area contributed by atoms with Crippen LogP contribution in [0.15, 0.2) is 83.3 Å². The molecule has 0 unspecified atom stereocenters. The lowest BCUT2D eigenvalue weighted by atomic mass is 10.1. The Hall–Kier alpha value is -3.77. The van der Waals surface area contributed by atoms with Crippen LogP contribution in [-0.2, 0) is 4.79 Å². The Kier molecular flexibility index (Phi) is 5.68. The Morgan fingerprint density at radius 1 is 1.03 bits per heavy atom. The van der Waals surface area contributed by atoms with E-state index in [1.54, 1.807) is 6.08 Å². The molecule has 0 saturated carbocycles. The van der Waals surface area contributed by atoms with Crippen molar-refractivity contribution in [3.05, 3.63) is 90.0 Å². The van der Waals surface area contributed by atoms with E-state index in [4.69, 9.17) is 16.6 Å². The van der Waals surface area contributed by atoms with Crippen molar-refractivity contribution in [1.29, 1.82) is 0 Å². The van der Waals surface area contributed by atoms with Crippen molar-refractivity contribution in [2.24, 2.45) is 0 Å². The second-order valence-electron chi connectivity index (χ2n) is 6.70. The number of carbonyl (C=O) groups is 1. The first-order valence-electron chi connectivity index (χ1n) is 9.40. The molecule has 1 amide bonds. The first-order chi connectivity index (χ1) is 14.6. The molecular formula is C24H19N3O2S. The summed E-state index contributed by atoms with van der Waals surface area (Å²) in [4.78, 5) is 16.7. The molecular weight excluding hydrogens is 394 g/mol. The minimum absolute atomic E-state index is 0.218. The number of hydrogen-bond acceptors (Lipinski definition) is 4. The molecule has 4 rings (SSSR count). The molecule has 0 saturated heterocycles. The maximum absolute atomic E-state index is 12.1. The number of thiocarbonyl (C=S) groups is 1. The number of hydrogen-bond donors (Lipinski definition) is 2. The standard InChI is InChI=1S/C24H19N3O2S/c1-16-11-13-18(23-25-19-9-5-6-10-21(19)29-23)15-20(16)26-24(30)27-22(28)14-12-17-7-3-2-4-8-17/h2-15H,1H3,(H2,26,27,28,30)/b14-12+. The number of nitrogens with one attached hydrogen (secondary N) is 2. The second-order valence-corrected chi connectivity index (χ2v) is 7.11. The van der Waals surface area contributed by atoms with Crippen molar-refractivity contribution >= 4 is 46.1 Å². The zero-order valence-corrected chi connectivity index (χ0v) is 17.1. The highest BCUT2D eigenvalue weighted by molar-refractivity contribution is 7.80. The van der Waals surface area contributed by atoms with Gasteiger partial charge in [-0.2, -0.15) is 0 Å². The molecule has 1 aromatic heterocycles. The summed E-state index contributed by atoms with van der Waals surface area (Å²) in [5.41, 5.74) is 5.04. The lowest BCUT2D eigenvalue weighted by Crippen LogP contribution is -2.33. The van der Waals surface area contributed by atoms with Gasteiger partial charge in [-0.15, -0.1) is 0 Å². The number of rotatable bonds is 4. The number of benzene rings is 3. The fourth-order valence-electron chi connectivity index (χ4n) is 2.93. The van der Waals surface area contributed by atoms with Crippen LogP contribution < -0.4 is 10.6 Å². The van der Waals surface area contributed by atoms with E-state index in [0.717, 1.165) is 33.5 Å². The zero-order valence-electron chi connectivity index (χ0n) is 16.3. The smallest absolute Gasteiger partial charge is 0.250 e. The van der Waals surface area contributed by atoms with Crippen LogP contribution >= 0.6 is 12.2 Å². The summed E-state index contributed by atoms with van der Waals surface area (Å²) in [6.07, 6.45) is 3.18. The van der Waals surface area contributed by atoms with E-state index in [0.29, 0.717) is 5.89 Å². The van der Waals surface area contributed by atoms with Gasteiger partial charge in [-0.1, -0.05) is 48.5 Å². The number of oxazole rings is 1. The van der Waals surface area contributed by atoms with Crippen molar-refractivity contribution in [2.45, 2.75) is 6.92 Å². The molecule has 2 N–H and O–H groups in total. The largest absolute Gasteiger partial charge is 0.436 e. The van der Waals surface area contributed by atoms with Crippen LogP contribution in [0.1, 0.15) is 11.1 Å². The molecule has 0 aliphatic rings. The molecule has 4 aromatic rings. The topological polar surface area (TPSA) is 67.2 Å². The van der Waals surface area contributed by atoms with Crippen molar-refractivity contribution < 1.29 is 9.21 Å². The van der Waals surface area contributed by atoms with Gasteiger partial charge in [-0.25, -0.2) is 4.98 Å². The molecule has 0 aliphatic heterocycles. The maximum atomic E-state index is 12.1. The fourth-order valence-corrected chi connectivity index (χ4v) is 3.14. The molecule has 148 valence electrons. The van der Waals surface area contributed by atoms with E-state index in [9.17, 15) is 4.79 Å². The van der Waals surface area contributed by atoms with E-state index in [1.165, 1.54) is 6.08 Å². The number of aryl methyl sites for hydroxylation is 1. The summed E-state index contributed by atoms with van der Waals surface area (Å²) in [6.45, 7) is 1.96. The monoisotopic (exact) mass is 413 g/mol. The highest BCUT2D eigenvalue weighted by Gasteiger charge is 2.11. The Bertz CT molecular complexity index is 1210. The van der Waals surface area contributed by atoms with Crippen molar-refractivity contribution in [3.8, 4) is 11.5 Å². The predicted octanol–water partition coefficient (Wildman–Crippen LogP) is 5.33. The summed E-state index contributed by atoms with van der Waals surface area (Å²) >= 11 is 5.30. The second kappa shape index (κ2) is 8.71. The highest BCUT2D eigenvalue weighted by atomic mass is 32.1. The van der Waals surface area contributed by atoms with E-state index in [2.05, 4.69) is 15.6 Å². The molecule has 0 spiro atoms. The van der Waals surface area contributed by atoms with Crippen LogP contribution in [0.3, 0.4) is 0 Å². The Morgan fingerprint density at radius 2 is 1.80 bits per heavy atom. The number of amides is 1. The van der Waals surface area contributed by atoms with Gasteiger partial charge in [0.1, 0.15) is 5.52 Å². The lowest BCUT2D eigenvalue weighted by molar-refractivity contribution is -0.115. The minimum Gasteiger partial charge on any atom is -0.436 e. The fraction of sp³-hybridized carbons (Fsp3) is 0.0417. The average molecular weight is 414 g/mol. The first kappa shape index (κ1) is 19.5. The van der Waals surface area contributed by atoms with Crippen molar-refractivity contribution in [3.63, 3.8) is 0 Å². The minimum atomic E-state index is -0.302. The number of nitrogens with zero attached hydrogens (tertiary/aromatic N) is 1. The number of anilines is 1. The summed E-state index contributed by atoms with van der Waals surface area (Å²) < 4.78 is 5.84. The van der Waals surface area contributed by atoms with E-state index < -0.39 is 0 Å². The van der Waals surface area contributed by atoms with Gasteiger partial charge in [0.05, 0.1) is 0 Å². The normalized spacial score (nSPS) is 11.0. The Balaban J connectivity index is 1.46. The molecule has 30 heavy (non-hydrogen) atoms. The Morgan fingerprint density at radius 3 is 2.60 bits per heavy atom. The Labute approximate surface area is 179 Å². The van der Waals surface area contributed by atoms with Gasteiger partial charge < -0.3 is 9.73 Å². The van der Waals surface area contributed by atoms with E-state index >= 15 is 0 Å². The van der Waals surface area contributed by atoms with Crippen LogP contribution in [0, 0.1) is 6.92 Å². The van der Waals surface area contributed by atoms with Crippen molar-refractivity contribution in [1.82, 2.24) is 10.3 Å². The van der Waals surface area contributed by atoms with E-state index in [1.807, 2.05) is 79.7 Å². The van der Waals surface area contributed by atoms with E-state index in [-0.39, 0.29) is 11.0 Å². The van der Waals surface area contributed by atoms with Gasteiger partial charge in [-0.3, -0.25) is 10.1 Å². The van der Waals surface area contributed by atoms with Gasteiger partial charge in [0, 0.05) is 17.3 Å². The zero-order chi connectivity index (χ0) is 20.9. The third kappa shape index (κ3) is 4.61. The quantitative estimate of drug-likeness (QED) is 0.350. The number of para-hydroxylation sites is 2. The van der Waals surface area contributed by atoms with Crippen LogP contribution in [0.5, 0.6) is 0 Å². The third-order valence-electron chi connectivity index (χ3n) is 4.49. The maximum Gasteiger partial charge on any atom is 0.250 e. The van der Waals surface area contributed by atoms with Crippen LogP contribution in [-0.4, -0.2) is 16.0 Å². The SMILES string of the molecule is Cc1ccc(-c2nc3ccccc3o2)cc1NC(=S)NC(=O)/C=C/c1ccccc1. The first-order valence-corrected chi connectivity index (χ1v) is 9.81. The number of carbonyl (C=O) groups excluding carboxylic acids is 1.